The van der Waals surface area contributed by atoms with E-state index in [0.717, 1.165) is 31.5 Å². The number of ether oxygens (including phenoxy) is 1. The van der Waals surface area contributed by atoms with Crippen LogP contribution in [0.1, 0.15) is 34.8 Å². The fourth-order valence-corrected chi connectivity index (χ4v) is 3.94. The van der Waals surface area contributed by atoms with E-state index in [4.69, 9.17) is 4.74 Å². The van der Waals surface area contributed by atoms with Crippen LogP contribution in [0.15, 0.2) is 72.8 Å². The van der Waals surface area contributed by atoms with Gasteiger partial charge in [0.25, 0.3) is 5.91 Å². The Kier molecular flexibility index (Phi) is 6.88. The summed E-state index contributed by atoms with van der Waals surface area (Å²) in [6.45, 7) is 1.50. The zero-order valence-corrected chi connectivity index (χ0v) is 18.4. The summed E-state index contributed by atoms with van der Waals surface area (Å²) in [7, 11) is 1.50. The van der Waals surface area contributed by atoms with E-state index in [1.54, 1.807) is 18.2 Å². The van der Waals surface area contributed by atoms with Crippen molar-refractivity contribution < 1.29 is 18.7 Å². The first-order chi connectivity index (χ1) is 16.0. The summed E-state index contributed by atoms with van der Waals surface area (Å²) in [4.78, 5) is 27.8. The van der Waals surface area contributed by atoms with Crippen LogP contribution in [0.3, 0.4) is 0 Å². The van der Waals surface area contributed by atoms with Crippen LogP contribution in [-0.4, -0.2) is 36.9 Å². The van der Waals surface area contributed by atoms with Crippen LogP contribution in [0, 0.1) is 5.82 Å². The molecule has 7 heteroatoms. The first-order valence-corrected chi connectivity index (χ1v) is 10.9. The third-order valence-electron chi connectivity index (χ3n) is 5.64. The Labute approximate surface area is 192 Å². The molecule has 0 saturated carbocycles. The first kappa shape index (κ1) is 22.3. The first-order valence-electron chi connectivity index (χ1n) is 10.9. The number of carbonyl (C=O) groups excluding carboxylic acids is 2. The largest absolute Gasteiger partial charge is 0.495 e. The van der Waals surface area contributed by atoms with Crippen molar-refractivity contribution in [1.82, 2.24) is 4.90 Å². The summed E-state index contributed by atoms with van der Waals surface area (Å²) in [6, 6.07) is 19.7. The van der Waals surface area contributed by atoms with E-state index in [2.05, 4.69) is 10.6 Å². The molecule has 0 aromatic heterocycles. The fourth-order valence-electron chi connectivity index (χ4n) is 3.94. The van der Waals surface area contributed by atoms with Crippen molar-refractivity contribution in [1.29, 1.82) is 0 Å². The van der Waals surface area contributed by atoms with E-state index < -0.39 is 17.8 Å². The standard InChI is InChI=1S/C26H26FN3O3/c1-33-23-13-12-21(17-22(23)29-25(31)19-10-7-11-20(27)16-19)28-24(18-8-3-2-4-9-18)26(32)30-14-5-6-15-30/h2-4,7-13,16-17,24,28H,5-6,14-15H2,1H3,(H,29,31). The fraction of sp³-hybridized carbons (Fsp3) is 0.231. The maximum absolute atomic E-state index is 13.5. The van der Waals surface area contributed by atoms with Gasteiger partial charge in [0.1, 0.15) is 17.6 Å². The molecule has 2 amide bonds. The molecule has 2 N–H and O–H groups in total. The number of carbonyl (C=O) groups is 2. The predicted molar refractivity (Wildman–Crippen MR) is 126 cm³/mol. The predicted octanol–water partition coefficient (Wildman–Crippen LogP) is 4.86. The summed E-state index contributed by atoms with van der Waals surface area (Å²) in [6.07, 6.45) is 2.01. The Morgan fingerprint density at radius 1 is 0.970 bits per heavy atom. The van der Waals surface area contributed by atoms with Crippen molar-refractivity contribution in [3.05, 3.63) is 89.7 Å². The zero-order chi connectivity index (χ0) is 23.2. The van der Waals surface area contributed by atoms with Gasteiger partial charge in [-0.15, -0.1) is 0 Å². The number of amides is 2. The van der Waals surface area contributed by atoms with Gasteiger partial charge in [-0.2, -0.15) is 0 Å². The maximum Gasteiger partial charge on any atom is 0.255 e. The van der Waals surface area contributed by atoms with Crippen molar-refractivity contribution in [2.24, 2.45) is 0 Å². The lowest BCUT2D eigenvalue weighted by molar-refractivity contribution is -0.131. The molecule has 0 aliphatic carbocycles. The van der Waals surface area contributed by atoms with Crippen molar-refractivity contribution in [2.45, 2.75) is 18.9 Å². The number of methoxy groups -OCH3 is 1. The minimum absolute atomic E-state index is 0.0138. The second-order valence-electron chi connectivity index (χ2n) is 7.90. The van der Waals surface area contributed by atoms with E-state index in [1.165, 1.54) is 31.4 Å². The van der Waals surface area contributed by atoms with E-state index in [0.29, 0.717) is 17.1 Å². The number of hydrogen-bond acceptors (Lipinski definition) is 4. The Morgan fingerprint density at radius 3 is 2.42 bits per heavy atom. The van der Waals surface area contributed by atoms with Gasteiger partial charge in [-0.25, -0.2) is 4.39 Å². The average molecular weight is 448 g/mol. The highest BCUT2D eigenvalue weighted by molar-refractivity contribution is 6.05. The normalized spacial score (nSPS) is 13.9. The molecule has 33 heavy (non-hydrogen) atoms. The van der Waals surface area contributed by atoms with Gasteiger partial charge in [0.2, 0.25) is 5.91 Å². The molecular weight excluding hydrogens is 421 g/mol. The van der Waals surface area contributed by atoms with Crippen LogP contribution in [0.5, 0.6) is 5.75 Å². The van der Waals surface area contributed by atoms with Crippen molar-refractivity contribution in [3.8, 4) is 5.75 Å². The van der Waals surface area contributed by atoms with Crippen LogP contribution < -0.4 is 15.4 Å². The molecule has 4 rings (SSSR count). The van der Waals surface area contributed by atoms with Crippen LogP contribution in [-0.2, 0) is 4.79 Å². The lowest BCUT2D eigenvalue weighted by Crippen LogP contribution is -2.36. The number of rotatable bonds is 7. The minimum atomic E-state index is -0.565. The molecule has 1 aliphatic heterocycles. The smallest absolute Gasteiger partial charge is 0.255 e. The van der Waals surface area contributed by atoms with Crippen molar-refractivity contribution in [3.63, 3.8) is 0 Å². The number of halogens is 1. The Hall–Kier alpha value is -3.87. The highest BCUT2D eigenvalue weighted by Gasteiger charge is 2.28. The van der Waals surface area contributed by atoms with Gasteiger partial charge in [0, 0.05) is 24.3 Å². The molecule has 1 saturated heterocycles. The molecule has 6 nitrogen and oxygen atoms in total. The Bertz CT molecular complexity index is 1130. The molecule has 170 valence electrons. The number of hydrogen-bond donors (Lipinski definition) is 2. The van der Waals surface area contributed by atoms with E-state index >= 15 is 0 Å². The minimum Gasteiger partial charge on any atom is -0.495 e. The summed E-state index contributed by atoms with van der Waals surface area (Å²) in [5.74, 6) is -0.485. The molecule has 3 aromatic carbocycles. The summed E-state index contributed by atoms with van der Waals surface area (Å²) in [5.41, 5.74) is 2.11. The van der Waals surface area contributed by atoms with E-state index in [9.17, 15) is 14.0 Å². The summed E-state index contributed by atoms with van der Waals surface area (Å²) >= 11 is 0. The van der Waals surface area contributed by atoms with Crippen LogP contribution in [0.25, 0.3) is 0 Å². The molecule has 0 bridgehead atoms. The molecule has 1 fully saturated rings. The van der Waals surface area contributed by atoms with E-state index in [1.807, 2.05) is 35.2 Å². The lowest BCUT2D eigenvalue weighted by atomic mass is 10.0. The average Bonchev–Trinajstić information content (AvgIpc) is 3.38. The van der Waals surface area contributed by atoms with Gasteiger partial charge >= 0.3 is 0 Å². The van der Waals surface area contributed by atoms with Gasteiger partial charge in [-0.1, -0.05) is 36.4 Å². The zero-order valence-electron chi connectivity index (χ0n) is 18.4. The Balaban J connectivity index is 1.60. The second kappa shape index (κ2) is 10.2. The van der Waals surface area contributed by atoms with Gasteiger partial charge in [-0.3, -0.25) is 9.59 Å². The topological polar surface area (TPSA) is 70.7 Å². The molecule has 1 unspecified atom stereocenters. The summed E-state index contributed by atoms with van der Waals surface area (Å²) in [5, 5.41) is 6.10. The molecule has 1 heterocycles. The van der Waals surface area contributed by atoms with Crippen LogP contribution >= 0.6 is 0 Å². The lowest BCUT2D eigenvalue weighted by Gasteiger charge is -2.25. The number of nitrogens with one attached hydrogen (secondary N) is 2. The summed E-state index contributed by atoms with van der Waals surface area (Å²) < 4.78 is 18.9. The van der Waals surface area contributed by atoms with Crippen molar-refractivity contribution in [2.75, 3.05) is 30.8 Å². The molecule has 0 radical (unpaired) electrons. The highest BCUT2D eigenvalue weighted by atomic mass is 19.1. The number of anilines is 2. The molecule has 1 aliphatic rings. The highest BCUT2D eigenvalue weighted by Crippen LogP contribution is 2.31. The van der Waals surface area contributed by atoms with Crippen molar-refractivity contribution >= 4 is 23.2 Å². The number of nitrogens with zero attached hydrogens (tertiary/aromatic N) is 1. The molecule has 0 spiro atoms. The Morgan fingerprint density at radius 2 is 1.73 bits per heavy atom. The maximum atomic E-state index is 13.5. The second-order valence-corrected chi connectivity index (χ2v) is 7.90. The number of likely N-dealkylation sites (tertiary alicyclic amines) is 1. The van der Waals surface area contributed by atoms with Crippen LogP contribution in [0.4, 0.5) is 15.8 Å². The van der Waals surface area contributed by atoms with Gasteiger partial charge < -0.3 is 20.3 Å². The van der Waals surface area contributed by atoms with Crippen LogP contribution in [0.2, 0.25) is 0 Å². The van der Waals surface area contributed by atoms with Gasteiger partial charge in [0.05, 0.1) is 12.8 Å². The van der Waals surface area contributed by atoms with E-state index in [-0.39, 0.29) is 11.5 Å². The van der Waals surface area contributed by atoms with Gasteiger partial charge in [0.15, 0.2) is 0 Å². The molecular formula is C26H26FN3O3. The number of benzene rings is 3. The SMILES string of the molecule is COc1ccc(NC(C(=O)N2CCCC2)c2ccccc2)cc1NC(=O)c1cccc(F)c1. The monoisotopic (exact) mass is 447 g/mol. The molecule has 3 aromatic rings. The quantitative estimate of drug-likeness (QED) is 0.543. The molecule has 1 atom stereocenters. The third kappa shape index (κ3) is 5.31. The van der Waals surface area contributed by atoms with Gasteiger partial charge in [-0.05, 0) is 54.8 Å². The third-order valence-corrected chi connectivity index (χ3v) is 5.64.